The fourth-order valence-electron chi connectivity index (χ4n) is 4.25. The number of aromatic hydroxyl groups is 2. The summed E-state index contributed by atoms with van der Waals surface area (Å²) < 4.78 is 18.3. The topological polar surface area (TPSA) is 89.1 Å². The van der Waals surface area contributed by atoms with Crippen LogP contribution in [0.3, 0.4) is 0 Å². The largest absolute Gasteiger partial charge is 0.507 e. The maximum absolute atomic E-state index is 12.9. The Kier molecular flexibility index (Phi) is 6.56. The van der Waals surface area contributed by atoms with Crippen molar-refractivity contribution in [3.05, 3.63) is 117 Å². The van der Waals surface area contributed by atoms with Gasteiger partial charge in [-0.2, -0.15) is 0 Å². The van der Waals surface area contributed by atoms with Gasteiger partial charge in [-0.05, 0) is 60.4 Å². The average molecular weight is 495 g/mol. The van der Waals surface area contributed by atoms with E-state index in [9.17, 15) is 15.0 Å². The Hall–Kier alpha value is -4.71. The molecule has 0 amide bonds. The van der Waals surface area contributed by atoms with Crippen LogP contribution in [0.5, 0.6) is 23.0 Å². The van der Waals surface area contributed by atoms with E-state index >= 15 is 0 Å². The Labute approximate surface area is 214 Å². The number of hydrogen-bond donors (Lipinski definition) is 2. The Balaban J connectivity index is 1.59. The number of phenolic OH excluding ortho intramolecular Hbond substituents is 1. The van der Waals surface area contributed by atoms with Gasteiger partial charge >= 0.3 is 0 Å². The molecule has 2 N–H and O–H groups in total. The van der Waals surface area contributed by atoms with Gasteiger partial charge in [-0.25, -0.2) is 0 Å². The van der Waals surface area contributed by atoms with Crippen LogP contribution >= 0.6 is 0 Å². The van der Waals surface area contributed by atoms with Crippen LogP contribution in [0.2, 0.25) is 0 Å². The molecule has 0 saturated heterocycles. The predicted molar refractivity (Wildman–Crippen MR) is 142 cm³/mol. The van der Waals surface area contributed by atoms with Gasteiger partial charge in [0.05, 0.1) is 0 Å². The Morgan fingerprint density at radius 2 is 1.41 bits per heavy atom. The second kappa shape index (κ2) is 10.1. The molecule has 0 radical (unpaired) electrons. The summed E-state index contributed by atoms with van der Waals surface area (Å²) in [6, 6.07) is 26.1. The minimum absolute atomic E-state index is 0.00947. The standard InChI is InChI=1S/C31H26O6/c1-19-13-24(32)27-25(14-19)37-31(29(34)28(27)33)23-15-20(2)30(36-18-22-11-7-4-8-12-22)26(16-23)35-17-21-9-5-3-6-10-21/h3-16,32,34H,17-18H2,1-2H3. The summed E-state index contributed by atoms with van der Waals surface area (Å²) in [6.07, 6.45) is 0. The summed E-state index contributed by atoms with van der Waals surface area (Å²) in [5, 5.41) is 21.0. The number of phenols is 1. The van der Waals surface area contributed by atoms with Crippen molar-refractivity contribution in [2.75, 3.05) is 0 Å². The highest BCUT2D eigenvalue weighted by molar-refractivity contribution is 5.87. The van der Waals surface area contributed by atoms with Crippen LogP contribution in [-0.2, 0) is 13.2 Å². The molecule has 4 aromatic carbocycles. The third kappa shape index (κ3) is 5.00. The summed E-state index contributed by atoms with van der Waals surface area (Å²) in [7, 11) is 0. The van der Waals surface area contributed by atoms with Gasteiger partial charge < -0.3 is 24.1 Å². The molecule has 0 atom stereocenters. The van der Waals surface area contributed by atoms with Crippen LogP contribution < -0.4 is 14.9 Å². The molecule has 186 valence electrons. The molecule has 6 nitrogen and oxygen atoms in total. The molecule has 0 bridgehead atoms. The molecule has 0 aliphatic heterocycles. The first-order valence-corrected chi connectivity index (χ1v) is 11.9. The fraction of sp³-hybridized carbons (Fsp3) is 0.129. The summed E-state index contributed by atoms with van der Waals surface area (Å²) in [5.41, 5.74) is 3.37. The van der Waals surface area contributed by atoms with Gasteiger partial charge in [0.2, 0.25) is 11.2 Å². The highest BCUT2D eigenvalue weighted by Crippen LogP contribution is 2.40. The molecule has 5 aromatic rings. The third-order valence-corrected chi connectivity index (χ3v) is 6.06. The molecule has 5 rings (SSSR count). The maximum Gasteiger partial charge on any atom is 0.238 e. The molecule has 37 heavy (non-hydrogen) atoms. The van der Waals surface area contributed by atoms with Gasteiger partial charge in [-0.1, -0.05) is 60.7 Å². The molecule has 0 aliphatic rings. The highest BCUT2D eigenvalue weighted by Gasteiger charge is 2.21. The van der Waals surface area contributed by atoms with E-state index in [-0.39, 0.29) is 22.5 Å². The monoisotopic (exact) mass is 494 g/mol. The van der Waals surface area contributed by atoms with E-state index in [1.807, 2.05) is 67.6 Å². The smallest absolute Gasteiger partial charge is 0.238 e. The lowest BCUT2D eigenvalue weighted by molar-refractivity contribution is 0.254. The first kappa shape index (κ1) is 24.0. The van der Waals surface area contributed by atoms with E-state index in [4.69, 9.17) is 13.9 Å². The van der Waals surface area contributed by atoms with Gasteiger partial charge in [0, 0.05) is 5.56 Å². The van der Waals surface area contributed by atoms with Crippen LogP contribution in [0, 0.1) is 13.8 Å². The van der Waals surface area contributed by atoms with E-state index in [2.05, 4.69) is 0 Å². The molecule has 0 saturated carbocycles. The molecule has 6 heteroatoms. The fourth-order valence-corrected chi connectivity index (χ4v) is 4.25. The van der Waals surface area contributed by atoms with E-state index < -0.39 is 11.2 Å². The Bertz CT molecular complexity index is 1620. The Morgan fingerprint density at radius 1 is 0.784 bits per heavy atom. The van der Waals surface area contributed by atoms with Crippen LogP contribution in [0.1, 0.15) is 22.3 Å². The van der Waals surface area contributed by atoms with Crippen molar-refractivity contribution in [2.24, 2.45) is 0 Å². The lowest BCUT2D eigenvalue weighted by atomic mass is 10.0. The normalized spacial score (nSPS) is 11.0. The number of hydrogen-bond acceptors (Lipinski definition) is 6. The molecule has 1 aromatic heterocycles. The minimum Gasteiger partial charge on any atom is -0.507 e. The quantitative estimate of drug-likeness (QED) is 0.263. The van der Waals surface area contributed by atoms with Gasteiger partial charge in [0.25, 0.3) is 0 Å². The predicted octanol–water partition coefficient (Wildman–Crippen LogP) is 6.65. The number of rotatable bonds is 7. The number of ether oxygens (including phenoxy) is 2. The lowest BCUT2D eigenvalue weighted by Gasteiger charge is -2.17. The van der Waals surface area contributed by atoms with Gasteiger partial charge in [-0.15, -0.1) is 0 Å². The lowest BCUT2D eigenvalue weighted by Crippen LogP contribution is -2.05. The van der Waals surface area contributed by atoms with Crippen LogP contribution in [-0.4, -0.2) is 10.2 Å². The van der Waals surface area contributed by atoms with E-state index in [0.29, 0.717) is 30.3 Å². The molecule has 0 unspecified atom stereocenters. The first-order valence-electron chi connectivity index (χ1n) is 11.9. The summed E-state index contributed by atoms with van der Waals surface area (Å²) in [6.45, 7) is 4.29. The second-order valence-corrected chi connectivity index (χ2v) is 8.94. The molecule has 1 heterocycles. The van der Waals surface area contributed by atoms with Gasteiger partial charge in [0.1, 0.15) is 29.9 Å². The van der Waals surface area contributed by atoms with Crippen molar-refractivity contribution in [3.8, 4) is 34.3 Å². The van der Waals surface area contributed by atoms with Crippen molar-refractivity contribution >= 4 is 11.0 Å². The SMILES string of the molecule is Cc1cc(O)c2c(=O)c(O)c(-c3cc(C)c(OCc4ccccc4)c(OCc4ccccc4)c3)oc2c1. The molecular formula is C31H26O6. The van der Waals surface area contributed by atoms with Crippen molar-refractivity contribution < 1.29 is 24.1 Å². The minimum atomic E-state index is -0.706. The summed E-state index contributed by atoms with van der Waals surface area (Å²) in [5.74, 6) is 0.171. The number of benzene rings is 4. The van der Waals surface area contributed by atoms with Crippen molar-refractivity contribution in [3.63, 3.8) is 0 Å². The van der Waals surface area contributed by atoms with Crippen molar-refractivity contribution in [1.29, 1.82) is 0 Å². The van der Waals surface area contributed by atoms with Crippen LogP contribution in [0.4, 0.5) is 0 Å². The third-order valence-electron chi connectivity index (χ3n) is 6.06. The summed E-state index contributed by atoms with van der Waals surface area (Å²) in [4.78, 5) is 12.9. The Morgan fingerprint density at radius 3 is 2.05 bits per heavy atom. The first-order chi connectivity index (χ1) is 17.9. The van der Waals surface area contributed by atoms with E-state index in [1.165, 1.54) is 6.07 Å². The molecule has 0 fully saturated rings. The summed E-state index contributed by atoms with van der Waals surface area (Å²) >= 11 is 0. The maximum atomic E-state index is 12.9. The molecular weight excluding hydrogens is 468 g/mol. The number of aryl methyl sites for hydroxylation is 2. The van der Waals surface area contributed by atoms with Crippen molar-refractivity contribution in [2.45, 2.75) is 27.1 Å². The zero-order valence-corrected chi connectivity index (χ0v) is 20.5. The molecule has 0 spiro atoms. The van der Waals surface area contributed by atoms with E-state index in [1.54, 1.807) is 25.1 Å². The zero-order chi connectivity index (χ0) is 25.9. The zero-order valence-electron chi connectivity index (χ0n) is 20.5. The van der Waals surface area contributed by atoms with Crippen LogP contribution in [0.25, 0.3) is 22.3 Å². The van der Waals surface area contributed by atoms with Gasteiger partial charge in [0.15, 0.2) is 17.3 Å². The van der Waals surface area contributed by atoms with Gasteiger partial charge in [-0.3, -0.25) is 4.79 Å². The van der Waals surface area contributed by atoms with Crippen molar-refractivity contribution in [1.82, 2.24) is 0 Å². The van der Waals surface area contributed by atoms with Crippen LogP contribution in [0.15, 0.2) is 94.1 Å². The molecule has 0 aliphatic carbocycles. The second-order valence-electron chi connectivity index (χ2n) is 8.94. The number of fused-ring (bicyclic) bond motifs is 1. The van der Waals surface area contributed by atoms with E-state index in [0.717, 1.165) is 22.3 Å². The average Bonchev–Trinajstić information content (AvgIpc) is 2.89. The highest BCUT2D eigenvalue weighted by atomic mass is 16.5.